The first kappa shape index (κ1) is 86.9. The molecule has 0 bridgehead atoms. The molecule has 0 amide bonds. The van der Waals surface area contributed by atoms with Crippen LogP contribution < -0.4 is 11.1 Å². The van der Waals surface area contributed by atoms with Crippen LogP contribution in [-0.4, -0.2) is 123 Å². The monoisotopic (exact) mass is 1340 g/mol. The fraction of sp³-hybridized carbons (Fsp3) is 0.364. The molecule has 6 rings (SSSR count). The number of carbonyl (C=O) groups excluding carboxylic acids is 6. The Kier molecular flexibility index (Phi) is 52.5. The molecular formula is C77H99N3O17. The van der Waals surface area contributed by atoms with Crippen LogP contribution in [-0.2, 0) is 78.3 Å². The minimum atomic E-state index is -0.914. The molecule has 2 atom stereocenters. The number of aldehydes is 1. The Hall–Kier alpha value is -10.1. The lowest BCUT2D eigenvalue weighted by molar-refractivity contribution is -0.144. The van der Waals surface area contributed by atoms with Crippen LogP contribution >= 0.6 is 0 Å². The zero-order valence-electron chi connectivity index (χ0n) is 56.4. The molecule has 0 saturated carbocycles. The molecule has 0 saturated heterocycles. The Balaban J connectivity index is 0.00000112. The van der Waals surface area contributed by atoms with Crippen molar-refractivity contribution in [1.29, 1.82) is 0 Å². The number of ketones is 3. The van der Waals surface area contributed by atoms with E-state index in [0.717, 1.165) is 60.6 Å². The van der Waals surface area contributed by atoms with E-state index in [0.29, 0.717) is 63.9 Å². The van der Waals surface area contributed by atoms with E-state index < -0.39 is 23.9 Å². The van der Waals surface area contributed by atoms with Gasteiger partial charge in [-0.15, -0.1) is 0 Å². The predicted molar refractivity (Wildman–Crippen MR) is 376 cm³/mol. The third kappa shape index (κ3) is 55.0. The number of esters is 2. The van der Waals surface area contributed by atoms with Crippen LogP contribution in [0, 0.1) is 0 Å². The van der Waals surface area contributed by atoms with Gasteiger partial charge in [0.25, 0.3) is 0 Å². The van der Waals surface area contributed by atoms with E-state index >= 15 is 0 Å². The molecule has 8 N–H and O–H groups in total. The fourth-order valence-electron chi connectivity index (χ4n) is 8.21. The van der Waals surface area contributed by atoms with Gasteiger partial charge in [-0.2, -0.15) is 0 Å². The SMILES string of the molecule is CCOC(=O)CCC(=O)/C=C/c1ccccc1.CCOC(=O)CCC(C)=O.CNC(CCC(=O)O)CCc1ccccc1.NC(CCC(=O)O)CCc1ccccc1.O=C(O)CC/C(CCc1ccccc1)=N/O.O=C(O)CCC(=O)CCc1ccccc1.O=Cc1ccccc1. The fourth-order valence-corrected chi connectivity index (χ4v) is 8.21. The van der Waals surface area contributed by atoms with Gasteiger partial charge in [0.2, 0.25) is 0 Å². The number of allylic oxidation sites excluding steroid dienone is 1. The summed E-state index contributed by atoms with van der Waals surface area (Å²) in [6.07, 6.45) is 13.2. The third-order valence-corrected chi connectivity index (χ3v) is 13.6. The smallest absolute Gasteiger partial charge is 0.306 e. The Morgan fingerprint density at radius 2 is 0.825 bits per heavy atom. The summed E-state index contributed by atoms with van der Waals surface area (Å²) >= 11 is 0. The van der Waals surface area contributed by atoms with Crippen molar-refractivity contribution in [3.63, 3.8) is 0 Å². The highest BCUT2D eigenvalue weighted by molar-refractivity contribution is 5.95. The number of aryl methyl sites for hydroxylation is 4. The first-order chi connectivity index (χ1) is 46.6. The maximum Gasteiger partial charge on any atom is 0.306 e. The van der Waals surface area contributed by atoms with Gasteiger partial charge in [-0.25, -0.2) is 0 Å². The van der Waals surface area contributed by atoms with Crippen LogP contribution in [0.1, 0.15) is 162 Å². The van der Waals surface area contributed by atoms with Crippen molar-refractivity contribution >= 4 is 71.2 Å². The maximum absolute atomic E-state index is 11.4. The van der Waals surface area contributed by atoms with Crippen molar-refractivity contribution < 1.29 is 83.1 Å². The Labute approximate surface area is 571 Å². The van der Waals surface area contributed by atoms with E-state index in [1.54, 1.807) is 32.1 Å². The summed E-state index contributed by atoms with van der Waals surface area (Å²) in [5, 5.41) is 49.0. The number of Topliss-reactive ketones (excluding diaryl/α,β-unsaturated/α-hetero) is 2. The molecule has 0 spiro atoms. The number of oxime groups is 1. The molecule has 6 aromatic rings. The highest BCUT2D eigenvalue weighted by Gasteiger charge is 2.11. The molecule has 20 heteroatoms. The third-order valence-electron chi connectivity index (χ3n) is 13.6. The number of rotatable bonds is 36. The quantitative estimate of drug-likeness (QED) is 0.00480. The van der Waals surface area contributed by atoms with Gasteiger partial charge in [0.15, 0.2) is 5.78 Å². The van der Waals surface area contributed by atoms with Gasteiger partial charge in [0.05, 0.1) is 44.6 Å². The number of aliphatic carboxylic acids is 4. The minimum Gasteiger partial charge on any atom is -0.481 e. The molecule has 0 aliphatic rings. The van der Waals surface area contributed by atoms with Gasteiger partial charge in [0.1, 0.15) is 17.9 Å². The van der Waals surface area contributed by atoms with Crippen LogP contribution in [0.25, 0.3) is 6.08 Å². The van der Waals surface area contributed by atoms with E-state index in [1.807, 2.05) is 153 Å². The second kappa shape index (κ2) is 58.5. The first-order valence-electron chi connectivity index (χ1n) is 32.4. The van der Waals surface area contributed by atoms with E-state index in [2.05, 4.69) is 39.5 Å². The summed E-state index contributed by atoms with van der Waals surface area (Å²) in [6.45, 7) is 5.68. The van der Waals surface area contributed by atoms with Gasteiger partial charge in [-0.1, -0.05) is 193 Å². The summed E-state index contributed by atoms with van der Waals surface area (Å²) in [4.78, 5) is 106. The molecule has 2 unspecified atom stereocenters. The van der Waals surface area contributed by atoms with Crippen LogP contribution in [0.15, 0.2) is 193 Å². The highest BCUT2D eigenvalue weighted by Crippen LogP contribution is 2.12. The molecule has 6 aromatic carbocycles. The summed E-state index contributed by atoms with van der Waals surface area (Å²) in [6, 6.07) is 58.8. The van der Waals surface area contributed by atoms with E-state index in [4.69, 9.17) is 36.1 Å². The van der Waals surface area contributed by atoms with Gasteiger partial charge < -0.3 is 51.0 Å². The van der Waals surface area contributed by atoms with Crippen LogP contribution in [0.3, 0.4) is 0 Å². The first-order valence-corrected chi connectivity index (χ1v) is 32.4. The highest BCUT2D eigenvalue weighted by atomic mass is 16.5. The lowest BCUT2D eigenvalue weighted by Gasteiger charge is -2.14. The Morgan fingerprint density at radius 3 is 1.22 bits per heavy atom. The molecule has 0 heterocycles. The van der Waals surface area contributed by atoms with E-state index in [1.165, 1.54) is 24.1 Å². The molecule has 0 radical (unpaired) electrons. The summed E-state index contributed by atoms with van der Waals surface area (Å²) in [7, 11) is 1.89. The minimum absolute atomic E-state index is 0.00812. The number of nitrogens with zero attached hydrogens (tertiary/aromatic N) is 1. The lowest BCUT2D eigenvalue weighted by atomic mass is 10.0. The number of nitrogens with two attached hydrogens (primary N) is 1. The van der Waals surface area contributed by atoms with Crippen LogP contribution in [0.2, 0.25) is 0 Å². The second-order valence-electron chi connectivity index (χ2n) is 21.7. The van der Waals surface area contributed by atoms with Crippen molar-refractivity contribution in [2.45, 2.75) is 161 Å². The van der Waals surface area contributed by atoms with E-state index in [9.17, 15) is 47.9 Å². The number of hydrogen-bond acceptors (Lipinski definition) is 16. The van der Waals surface area contributed by atoms with Crippen LogP contribution in [0.4, 0.5) is 0 Å². The summed E-state index contributed by atoms with van der Waals surface area (Å²) in [5.74, 6) is -3.93. The molecule has 0 fully saturated rings. The van der Waals surface area contributed by atoms with E-state index in [-0.39, 0.29) is 92.7 Å². The average molecular weight is 1340 g/mol. The standard InChI is InChI=1S/C14H16O3.C13H19NO2.C12H15NO3.C12H17NO2.C12H14O3.C7H12O3.C7H6O/c1-2-17-14(16)11-10-13(15)9-8-12-6-4-3-5-7-12;1-14-12(9-10-13(15)16)8-7-11-5-3-2-4-6-11;14-12(15)9-8-11(13-16)7-6-10-4-2-1-3-5-10;2*13-11(8-9-12(14)15)7-6-10-4-2-1-3-5-10;1-3-10-7(9)5-4-6(2)8;8-6-7-4-2-1-3-5-7/h3-9H,2,10-11H2,1H3;2-6,12,14H,7-10H2,1H3,(H,15,16);1-5,16H,6-9H2,(H,14,15);1-5,11H,6-9,13H2,(H,14,15);1-5H,6-9H2,(H,14,15);3-5H2,1-2H3;1-6H/b9-8+;;13-11+;;;;. The van der Waals surface area contributed by atoms with Gasteiger partial charge >= 0.3 is 35.8 Å². The summed E-state index contributed by atoms with van der Waals surface area (Å²) < 4.78 is 9.34. The number of carboxylic acid groups (broad SMARTS) is 4. The zero-order chi connectivity index (χ0) is 72.1. The Bertz CT molecular complexity index is 3170. The van der Waals surface area contributed by atoms with Crippen molar-refractivity contribution in [3.8, 4) is 0 Å². The van der Waals surface area contributed by atoms with Crippen molar-refractivity contribution in [2.75, 3.05) is 20.3 Å². The normalized spacial score (nSPS) is 10.8. The van der Waals surface area contributed by atoms with Crippen LogP contribution in [0.5, 0.6) is 0 Å². The topological polar surface area (TPSA) is 341 Å². The van der Waals surface area contributed by atoms with Crippen molar-refractivity contribution in [1.82, 2.24) is 5.32 Å². The molecule has 0 aliphatic carbocycles. The number of nitrogens with one attached hydrogen (secondary N) is 1. The van der Waals surface area contributed by atoms with Crippen molar-refractivity contribution in [3.05, 3.63) is 221 Å². The lowest BCUT2D eigenvalue weighted by Crippen LogP contribution is -2.26. The largest absolute Gasteiger partial charge is 0.481 e. The zero-order valence-corrected chi connectivity index (χ0v) is 56.4. The molecule has 20 nitrogen and oxygen atoms in total. The molecule has 524 valence electrons. The number of hydrogen-bond donors (Lipinski definition) is 7. The molecule has 97 heavy (non-hydrogen) atoms. The molecule has 0 aliphatic heterocycles. The second-order valence-corrected chi connectivity index (χ2v) is 21.7. The number of ether oxygens (including phenoxy) is 2. The summed E-state index contributed by atoms with van der Waals surface area (Å²) in [5.41, 5.74) is 12.9. The Morgan fingerprint density at radius 1 is 0.443 bits per heavy atom. The van der Waals surface area contributed by atoms with Gasteiger partial charge in [-0.05, 0) is 126 Å². The maximum atomic E-state index is 11.4. The van der Waals surface area contributed by atoms with Crippen molar-refractivity contribution in [2.24, 2.45) is 10.9 Å². The number of carbonyl (C=O) groups is 10. The number of benzene rings is 6. The molecular weight excluding hydrogens is 1240 g/mol. The van der Waals surface area contributed by atoms with Gasteiger partial charge in [-0.3, -0.25) is 43.2 Å². The molecule has 0 aromatic heterocycles. The predicted octanol–water partition coefficient (Wildman–Crippen LogP) is 13.3. The average Bonchev–Trinajstić information content (AvgIpc) is 2.28. The van der Waals surface area contributed by atoms with Gasteiger partial charge in [0, 0.05) is 56.2 Å². The number of carboxylic acids is 4.